The van der Waals surface area contributed by atoms with Crippen LogP contribution < -0.4 is 9.47 Å². The lowest BCUT2D eigenvalue weighted by Gasteiger charge is -2.31. The first-order valence-corrected chi connectivity index (χ1v) is 7.93. The number of thiophene rings is 1. The third-order valence-corrected chi connectivity index (χ3v) is 4.29. The number of likely N-dealkylation sites (N-methyl/N-ethyl adjacent to an activating group) is 1. The van der Waals surface area contributed by atoms with Crippen LogP contribution in [0.4, 0.5) is 0 Å². The molecule has 0 radical (unpaired) electrons. The molecule has 0 saturated carbocycles. The number of benzene rings is 1. The summed E-state index contributed by atoms with van der Waals surface area (Å²) in [5, 5.41) is 13.2. The number of carboxylic acid groups (broad SMARTS) is 1. The molecule has 1 aliphatic rings. The van der Waals surface area contributed by atoms with Gasteiger partial charge in [0.05, 0.1) is 0 Å². The van der Waals surface area contributed by atoms with Gasteiger partial charge in [0.2, 0.25) is 0 Å². The molecule has 0 bridgehead atoms. The highest BCUT2D eigenvalue weighted by Crippen LogP contribution is 2.31. The highest BCUT2D eigenvalue weighted by Gasteiger charge is 2.29. The standard InChI is InChI=1S/C16H17NO4S/c1-17(15(16(18)19)11-6-7-22-10-11)8-12-9-20-13-4-2-3-5-14(13)21-12/h2-7,10,12,15H,8-9H2,1H3,(H,18,19). The van der Waals surface area contributed by atoms with Gasteiger partial charge in [0.15, 0.2) is 11.5 Å². The highest BCUT2D eigenvalue weighted by atomic mass is 32.1. The summed E-state index contributed by atoms with van der Waals surface area (Å²) in [5.41, 5.74) is 0.789. The van der Waals surface area contributed by atoms with Crippen molar-refractivity contribution < 1.29 is 19.4 Å². The van der Waals surface area contributed by atoms with Crippen molar-refractivity contribution in [2.75, 3.05) is 20.2 Å². The van der Waals surface area contributed by atoms with E-state index in [2.05, 4.69) is 0 Å². The van der Waals surface area contributed by atoms with Gasteiger partial charge in [-0.15, -0.1) is 0 Å². The van der Waals surface area contributed by atoms with Crippen LogP contribution in [0.5, 0.6) is 11.5 Å². The molecule has 5 nitrogen and oxygen atoms in total. The quantitative estimate of drug-likeness (QED) is 0.918. The van der Waals surface area contributed by atoms with Gasteiger partial charge >= 0.3 is 5.97 Å². The van der Waals surface area contributed by atoms with Gasteiger partial charge in [-0.05, 0) is 41.6 Å². The number of hydrogen-bond donors (Lipinski definition) is 1. The molecule has 0 saturated heterocycles. The maximum atomic E-state index is 11.6. The van der Waals surface area contributed by atoms with Crippen LogP contribution in [-0.2, 0) is 4.79 Å². The zero-order chi connectivity index (χ0) is 15.5. The summed E-state index contributed by atoms with van der Waals surface area (Å²) in [5.74, 6) is 0.571. The number of nitrogens with zero attached hydrogens (tertiary/aromatic N) is 1. The first-order chi connectivity index (χ1) is 10.6. The Bertz CT molecular complexity index is 643. The molecule has 0 spiro atoms. The number of carboxylic acids is 1. The van der Waals surface area contributed by atoms with Crippen molar-refractivity contribution in [2.45, 2.75) is 12.1 Å². The van der Waals surface area contributed by atoms with Gasteiger partial charge in [0.25, 0.3) is 0 Å². The molecule has 6 heteroatoms. The van der Waals surface area contributed by atoms with Crippen LogP contribution in [0.2, 0.25) is 0 Å². The lowest BCUT2D eigenvalue weighted by molar-refractivity contribution is -0.143. The Hall–Kier alpha value is -2.05. The lowest BCUT2D eigenvalue weighted by Crippen LogP contribution is -2.42. The van der Waals surface area contributed by atoms with Crippen molar-refractivity contribution in [3.8, 4) is 11.5 Å². The Kier molecular flexibility index (Phi) is 4.31. The second-order valence-corrected chi connectivity index (χ2v) is 6.01. The number of fused-ring (bicyclic) bond motifs is 1. The molecule has 1 aliphatic heterocycles. The zero-order valence-corrected chi connectivity index (χ0v) is 13.0. The monoisotopic (exact) mass is 319 g/mol. The molecule has 2 heterocycles. The topological polar surface area (TPSA) is 59.0 Å². The van der Waals surface area contributed by atoms with Gasteiger partial charge < -0.3 is 14.6 Å². The number of hydrogen-bond acceptors (Lipinski definition) is 5. The largest absolute Gasteiger partial charge is 0.486 e. The molecule has 1 aromatic carbocycles. The van der Waals surface area contributed by atoms with Crippen LogP contribution in [0.1, 0.15) is 11.6 Å². The molecule has 3 rings (SSSR count). The molecule has 116 valence electrons. The van der Waals surface area contributed by atoms with Gasteiger partial charge in [-0.2, -0.15) is 11.3 Å². The van der Waals surface area contributed by atoms with E-state index in [0.29, 0.717) is 18.9 Å². The fourth-order valence-corrected chi connectivity index (χ4v) is 3.27. The van der Waals surface area contributed by atoms with Crippen LogP contribution in [0.15, 0.2) is 41.1 Å². The Morgan fingerprint density at radius 2 is 2.18 bits per heavy atom. The maximum Gasteiger partial charge on any atom is 0.325 e. The maximum absolute atomic E-state index is 11.6. The van der Waals surface area contributed by atoms with Gasteiger partial charge in [0.1, 0.15) is 18.8 Å². The Balaban J connectivity index is 1.69. The summed E-state index contributed by atoms with van der Waals surface area (Å²) in [4.78, 5) is 13.4. The number of carbonyl (C=O) groups is 1. The summed E-state index contributed by atoms with van der Waals surface area (Å²) in [6.45, 7) is 0.887. The smallest absolute Gasteiger partial charge is 0.325 e. The van der Waals surface area contributed by atoms with Crippen LogP contribution in [0, 0.1) is 0 Å². The van der Waals surface area contributed by atoms with E-state index in [4.69, 9.17) is 9.47 Å². The van der Waals surface area contributed by atoms with E-state index in [1.54, 1.807) is 11.9 Å². The van der Waals surface area contributed by atoms with Crippen molar-refractivity contribution in [1.82, 2.24) is 4.90 Å². The summed E-state index contributed by atoms with van der Waals surface area (Å²) in [7, 11) is 1.79. The highest BCUT2D eigenvalue weighted by molar-refractivity contribution is 7.08. The molecule has 2 atom stereocenters. The second kappa shape index (κ2) is 6.37. The van der Waals surface area contributed by atoms with E-state index in [-0.39, 0.29) is 6.10 Å². The minimum absolute atomic E-state index is 0.194. The van der Waals surface area contributed by atoms with Crippen molar-refractivity contribution in [3.63, 3.8) is 0 Å². The average Bonchev–Trinajstić information content (AvgIpc) is 3.00. The van der Waals surface area contributed by atoms with Crippen molar-refractivity contribution >= 4 is 17.3 Å². The summed E-state index contributed by atoms with van der Waals surface area (Å²) in [6.07, 6.45) is -0.194. The van der Waals surface area contributed by atoms with E-state index in [9.17, 15) is 9.90 Å². The molecule has 22 heavy (non-hydrogen) atoms. The molecule has 2 aromatic rings. The minimum Gasteiger partial charge on any atom is -0.486 e. The Morgan fingerprint density at radius 1 is 1.41 bits per heavy atom. The van der Waals surface area contributed by atoms with E-state index < -0.39 is 12.0 Å². The van der Waals surface area contributed by atoms with Gasteiger partial charge in [0, 0.05) is 6.54 Å². The van der Waals surface area contributed by atoms with Crippen LogP contribution in [0.25, 0.3) is 0 Å². The second-order valence-electron chi connectivity index (χ2n) is 5.23. The number of para-hydroxylation sites is 2. The number of aliphatic carboxylic acids is 1. The lowest BCUT2D eigenvalue weighted by atomic mass is 10.1. The van der Waals surface area contributed by atoms with Gasteiger partial charge in [-0.1, -0.05) is 12.1 Å². The van der Waals surface area contributed by atoms with E-state index in [1.807, 2.05) is 41.1 Å². The van der Waals surface area contributed by atoms with Crippen molar-refractivity contribution in [2.24, 2.45) is 0 Å². The Morgan fingerprint density at radius 3 is 2.86 bits per heavy atom. The SMILES string of the molecule is CN(CC1COc2ccccc2O1)C(C(=O)O)c1ccsc1. The third kappa shape index (κ3) is 3.08. The van der Waals surface area contributed by atoms with E-state index in [0.717, 1.165) is 11.3 Å². The van der Waals surface area contributed by atoms with Crippen molar-refractivity contribution in [3.05, 3.63) is 46.7 Å². The fraction of sp³-hybridized carbons (Fsp3) is 0.312. The molecule has 0 aliphatic carbocycles. The van der Waals surface area contributed by atoms with Crippen LogP contribution in [-0.4, -0.2) is 42.3 Å². The zero-order valence-electron chi connectivity index (χ0n) is 12.1. The Labute approximate surface area is 132 Å². The molecular formula is C16H17NO4S. The molecule has 0 fully saturated rings. The molecule has 1 aromatic heterocycles. The van der Waals surface area contributed by atoms with Crippen LogP contribution in [0.3, 0.4) is 0 Å². The molecule has 0 amide bonds. The average molecular weight is 319 g/mol. The van der Waals surface area contributed by atoms with Crippen molar-refractivity contribution in [1.29, 1.82) is 0 Å². The number of rotatable bonds is 5. The van der Waals surface area contributed by atoms with Gasteiger partial charge in [-0.25, -0.2) is 0 Å². The summed E-state index contributed by atoms with van der Waals surface area (Å²) >= 11 is 1.49. The summed E-state index contributed by atoms with van der Waals surface area (Å²) in [6, 6.07) is 8.67. The van der Waals surface area contributed by atoms with Gasteiger partial charge in [-0.3, -0.25) is 9.69 Å². The van der Waals surface area contributed by atoms with E-state index in [1.165, 1.54) is 11.3 Å². The molecule has 1 N–H and O–H groups in total. The van der Waals surface area contributed by atoms with E-state index >= 15 is 0 Å². The fourth-order valence-electron chi connectivity index (χ4n) is 2.60. The predicted octanol–water partition coefficient (Wildman–Crippen LogP) is 2.65. The summed E-state index contributed by atoms with van der Waals surface area (Å²) < 4.78 is 11.6. The predicted molar refractivity (Wildman–Crippen MR) is 83.7 cm³/mol. The molecular weight excluding hydrogens is 302 g/mol. The third-order valence-electron chi connectivity index (χ3n) is 3.59. The first-order valence-electron chi connectivity index (χ1n) is 6.99. The molecule has 2 unspecified atom stereocenters. The minimum atomic E-state index is -0.863. The first kappa shape index (κ1) is 14.9. The number of ether oxygens (including phenoxy) is 2. The van der Waals surface area contributed by atoms with Crippen LogP contribution >= 0.6 is 11.3 Å². The normalized spacial score (nSPS) is 18.2.